The maximum absolute atomic E-state index is 12.6. The van der Waals surface area contributed by atoms with E-state index in [-0.39, 0.29) is 22.6 Å². The first-order valence-corrected chi connectivity index (χ1v) is 7.56. The lowest BCUT2D eigenvalue weighted by Crippen LogP contribution is -2.46. The number of benzene rings is 1. The van der Waals surface area contributed by atoms with Gasteiger partial charge in [-0.05, 0) is 36.9 Å². The molecule has 1 aromatic carbocycles. The van der Waals surface area contributed by atoms with E-state index in [9.17, 15) is 22.8 Å². The van der Waals surface area contributed by atoms with Crippen molar-refractivity contribution in [1.82, 2.24) is 4.90 Å². The van der Waals surface area contributed by atoms with Gasteiger partial charge in [0.15, 0.2) is 0 Å². The predicted octanol–water partition coefficient (Wildman–Crippen LogP) is 1.13. The molecule has 0 bridgehead atoms. The third kappa shape index (κ3) is 4.36. The molecule has 130 valence electrons. The molecule has 0 radical (unpaired) electrons. The highest BCUT2D eigenvalue weighted by Crippen LogP contribution is 2.28. The number of hydrogen-bond donors (Lipinski definition) is 2. The number of hydrogen-bond acceptors (Lipinski definition) is 4. The van der Waals surface area contributed by atoms with Crippen LogP contribution in [0.4, 0.5) is 13.2 Å². The van der Waals surface area contributed by atoms with Gasteiger partial charge in [0.05, 0.1) is 6.42 Å². The Bertz CT molecular complexity index is 617. The third-order valence-electron chi connectivity index (χ3n) is 4.15. The minimum Gasteiger partial charge on any atom is -0.423 e. The zero-order chi connectivity index (χ0) is 17.9. The van der Waals surface area contributed by atoms with Crippen LogP contribution in [0.1, 0.15) is 46.4 Å². The second-order valence-electron chi connectivity index (χ2n) is 5.78. The Labute approximate surface area is 137 Å². The van der Waals surface area contributed by atoms with Crippen molar-refractivity contribution in [3.8, 4) is 0 Å². The Hall–Kier alpha value is -1.87. The van der Waals surface area contributed by atoms with Gasteiger partial charge in [-0.1, -0.05) is 6.07 Å². The van der Waals surface area contributed by atoms with Crippen LogP contribution < -0.4 is 5.46 Å². The zero-order valence-electron chi connectivity index (χ0n) is 12.8. The summed E-state index contributed by atoms with van der Waals surface area (Å²) in [5, 5.41) is 18.3. The van der Waals surface area contributed by atoms with Crippen LogP contribution in [0.25, 0.3) is 0 Å². The Morgan fingerprint density at radius 1 is 1.33 bits per heavy atom. The third-order valence-corrected chi connectivity index (χ3v) is 4.15. The van der Waals surface area contributed by atoms with Gasteiger partial charge in [-0.2, -0.15) is 13.2 Å². The largest absolute Gasteiger partial charge is 0.489 e. The fourth-order valence-electron chi connectivity index (χ4n) is 2.61. The van der Waals surface area contributed by atoms with Crippen molar-refractivity contribution >= 4 is 24.8 Å². The second kappa shape index (κ2) is 7.35. The molecule has 0 atom stereocenters. The number of rotatable bonds is 6. The SMILES string of the molecule is O=Cc1cc(C(=O)N(CCC(F)(F)F)C2CCC2)ccc1B(O)O. The van der Waals surface area contributed by atoms with Crippen molar-refractivity contribution in [3.05, 3.63) is 29.3 Å². The summed E-state index contributed by atoms with van der Waals surface area (Å²) >= 11 is 0. The molecular formula is C15H17BF3NO4. The van der Waals surface area contributed by atoms with E-state index in [1.807, 2.05) is 0 Å². The summed E-state index contributed by atoms with van der Waals surface area (Å²) in [5.74, 6) is -0.592. The fraction of sp³-hybridized carbons (Fsp3) is 0.467. The second-order valence-corrected chi connectivity index (χ2v) is 5.78. The van der Waals surface area contributed by atoms with Crippen molar-refractivity contribution in [2.24, 2.45) is 0 Å². The Balaban J connectivity index is 2.23. The van der Waals surface area contributed by atoms with Crippen LogP contribution in [0.3, 0.4) is 0 Å². The normalized spacial score (nSPS) is 14.9. The van der Waals surface area contributed by atoms with Crippen LogP contribution in [-0.4, -0.2) is 53.0 Å². The van der Waals surface area contributed by atoms with Crippen molar-refractivity contribution in [2.75, 3.05) is 6.54 Å². The molecular weight excluding hydrogens is 326 g/mol. The predicted molar refractivity (Wildman–Crippen MR) is 81.0 cm³/mol. The first-order chi connectivity index (χ1) is 11.2. The van der Waals surface area contributed by atoms with Gasteiger partial charge in [0.25, 0.3) is 5.91 Å². The molecule has 5 nitrogen and oxygen atoms in total. The van der Waals surface area contributed by atoms with Crippen LogP contribution in [0.5, 0.6) is 0 Å². The molecule has 0 spiro atoms. The quantitative estimate of drug-likeness (QED) is 0.600. The van der Waals surface area contributed by atoms with E-state index in [0.29, 0.717) is 19.1 Å². The summed E-state index contributed by atoms with van der Waals surface area (Å²) in [6.07, 6.45) is -2.93. The summed E-state index contributed by atoms with van der Waals surface area (Å²) < 4.78 is 37.5. The number of carbonyl (C=O) groups is 2. The molecule has 0 aromatic heterocycles. The molecule has 24 heavy (non-hydrogen) atoms. The van der Waals surface area contributed by atoms with Gasteiger partial charge < -0.3 is 14.9 Å². The molecule has 2 N–H and O–H groups in total. The van der Waals surface area contributed by atoms with Gasteiger partial charge in [-0.15, -0.1) is 0 Å². The van der Waals surface area contributed by atoms with Crippen molar-refractivity contribution in [1.29, 1.82) is 0 Å². The summed E-state index contributed by atoms with van der Waals surface area (Å²) in [6.45, 7) is -0.437. The van der Waals surface area contributed by atoms with E-state index in [4.69, 9.17) is 10.0 Å². The topological polar surface area (TPSA) is 77.8 Å². The molecule has 1 aromatic rings. The summed E-state index contributed by atoms with van der Waals surface area (Å²) in [7, 11) is -1.87. The van der Waals surface area contributed by atoms with Crippen LogP contribution >= 0.6 is 0 Å². The minimum atomic E-state index is -4.36. The van der Waals surface area contributed by atoms with Gasteiger partial charge in [0.2, 0.25) is 0 Å². The van der Waals surface area contributed by atoms with Gasteiger partial charge >= 0.3 is 13.3 Å². The van der Waals surface area contributed by atoms with E-state index in [0.717, 1.165) is 6.42 Å². The van der Waals surface area contributed by atoms with Crippen LogP contribution in [0, 0.1) is 0 Å². The van der Waals surface area contributed by atoms with E-state index in [1.54, 1.807) is 0 Å². The smallest absolute Gasteiger partial charge is 0.423 e. The fourth-order valence-corrected chi connectivity index (χ4v) is 2.61. The minimum absolute atomic E-state index is 0.0515. The first kappa shape index (κ1) is 18.5. The summed E-state index contributed by atoms with van der Waals surface area (Å²) in [6, 6.07) is 3.43. The van der Waals surface area contributed by atoms with E-state index in [2.05, 4.69) is 0 Å². The average molecular weight is 343 g/mol. The standard InChI is InChI=1S/C15H17BF3NO4/c17-15(18,19)6-7-20(12-2-1-3-12)14(22)10-4-5-13(16(23)24)11(8-10)9-21/h4-5,8-9,12,23-24H,1-3,6-7H2. The van der Waals surface area contributed by atoms with E-state index < -0.39 is 32.2 Å². The summed E-state index contributed by atoms with van der Waals surface area (Å²) in [4.78, 5) is 24.8. The molecule has 0 saturated heterocycles. The molecule has 0 heterocycles. The molecule has 1 amide bonds. The maximum Gasteiger partial charge on any atom is 0.489 e. The highest BCUT2D eigenvalue weighted by atomic mass is 19.4. The van der Waals surface area contributed by atoms with Crippen molar-refractivity contribution < 1.29 is 32.8 Å². The monoisotopic (exact) mass is 343 g/mol. The van der Waals surface area contributed by atoms with Crippen LogP contribution in [-0.2, 0) is 0 Å². The Morgan fingerprint density at radius 3 is 2.46 bits per heavy atom. The molecule has 0 unspecified atom stereocenters. The molecule has 1 fully saturated rings. The number of halogens is 3. The lowest BCUT2D eigenvalue weighted by atomic mass is 9.76. The lowest BCUT2D eigenvalue weighted by molar-refractivity contribution is -0.138. The number of nitrogens with zero attached hydrogens (tertiary/aromatic N) is 1. The maximum atomic E-state index is 12.6. The van der Waals surface area contributed by atoms with Crippen molar-refractivity contribution in [2.45, 2.75) is 37.9 Å². The van der Waals surface area contributed by atoms with Crippen LogP contribution in [0.2, 0.25) is 0 Å². The number of amides is 1. The summed E-state index contributed by atoms with van der Waals surface area (Å²) in [5.41, 5.74) is -0.0946. The highest BCUT2D eigenvalue weighted by molar-refractivity contribution is 6.60. The Kier molecular flexibility index (Phi) is 5.66. The molecule has 1 aliphatic rings. The zero-order valence-corrected chi connectivity index (χ0v) is 12.8. The van der Waals surface area contributed by atoms with E-state index >= 15 is 0 Å². The number of aldehydes is 1. The average Bonchev–Trinajstić information content (AvgIpc) is 2.46. The molecule has 0 aliphatic heterocycles. The molecule has 9 heteroatoms. The number of alkyl halides is 3. The number of carbonyl (C=O) groups excluding carboxylic acids is 2. The molecule has 1 aliphatic carbocycles. The van der Waals surface area contributed by atoms with Gasteiger partial charge in [-0.3, -0.25) is 9.59 Å². The van der Waals surface area contributed by atoms with Gasteiger partial charge in [0.1, 0.15) is 6.29 Å². The lowest BCUT2D eigenvalue weighted by Gasteiger charge is -2.38. The van der Waals surface area contributed by atoms with E-state index in [1.165, 1.54) is 23.1 Å². The first-order valence-electron chi connectivity index (χ1n) is 7.56. The Morgan fingerprint density at radius 2 is 2.00 bits per heavy atom. The van der Waals surface area contributed by atoms with Crippen molar-refractivity contribution in [3.63, 3.8) is 0 Å². The molecule has 1 saturated carbocycles. The highest BCUT2D eigenvalue weighted by Gasteiger charge is 2.34. The van der Waals surface area contributed by atoms with Crippen LogP contribution in [0.15, 0.2) is 18.2 Å². The molecule has 2 rings (SSSR count). The van der Waals surface area contributed by atoms with Gasteiger partial charge in [0, 0.05) is 23.7 Å². The van der Waals surface area contributed by atoms with Gasteiger partial charge in [-0.25, -0.2) is 0 Å².